The predicted molar refractivity (Wildman–Crippen MR) is 88.4 cm³/mol. The number of hydrogen-bond acceptors (Lipinski definition) is 6. The summed E-state index contributed by atoms with van der Waals surface area (Å²) in [6.45, 7) is -0.234. The highest BCUT2D eigenvalue weighted by Crippen LogP contribution is 2.12. The van der Waals surface area contributed by atoms with Crippen LogP contribution in [0.25, 0.3) is 0 Å². The van der Waals surface area contributed by atoms with Gasteiger partial charge in [-0.15, -0.1) is 0 Å². The molecule has 0 saturated heterocycles. The van der Waals surface area contributed by atoms with E-state index in [-0.39, 0.29) is 18.0 Å². The van der Waals surface area contributed by atoms with E-state index in [1.165, 1.54) is 12.1 Å². The summed E-state index contributed by atoms with van der Waals surface area (Å²) in [6.07, 6.45) is 0. The maximum atomic E-state index is 11.9. The zero-order valence-electron chi connectivity index (χ0n) is 13.0. The maximum Gasteiger partial charge on any atom is 0.365 e. The zero-order valence-corrected chi connectivity index (χ0v) is 13.0. The van der Waals surface area contributed by atoms with Crippen LogP contribution < -0.4 is 16.2 Å². The van der Waals surface area contributed by atoms with Gasteiger partial charge in [0.2, 0.25) is 0 Å². The molecule has 1 amide bonds. The molecule has 0 aliphatic heterocycles. The van der Waals surface area contributed by atoms with E-state index in [1.54, 1.807) is 36.4 Å². The van der Waals surface area contributed by atoms with Gasteiger partial charge in [-0.05, 0) is 42.5 Å². The van der Waals surface area contributed by atoms with Crippen LogP contribution in [0.4, 0.5) is 0 Å². The van der Waals surface area contributed by atoms with Crippen molar-refractivity contribution < 1.29 is 19.2 Å². The lowest BCUT2D eigenvalue weighted by molar-refractivity contribution is -0.119. The normalized spacial score (nSPS) is 10.6. The van der Waals surface area contributed by atoms with Gasteiger partial charge < -0.3 is 21.0 Å². The molecule has 0 unspecified atom stereocenters. The molecule has 0 aliphatic carbocycles. The molecule has 0 saturated carbocycles. The summed E-state index contributed by atoms with van der Waals surface area (Å²) in [5, 5.41) is 12.4. The van der Waals surface area contributed by atoms with Crippen molar-refractivity contribution in [3.8, 4) is 11.8 Å². The van der Waals surface area contributed by atoms with E-state index < -0.39 is 11.9 Å². The Hall–Kier alpha value is -3.86. The molecule has 8 nitrogen and oxygen atoms in total. The number of nitrogens with two attached hydrogens (primary N) is 2. The Morgan fingerprint density at radius 2 is 1.80 bits per heavy atom. The number of nitriles is 1. The van der Waals surface area contributed by atoms with E-state index >= 15 is 0 Å². The Kier molecular flexibility index (Phi) is 5.68. The smallest absolute Gasteiger partial charge is 0.365 e. The molecule has 0 atom stereocenters. The van der Waals surface area contributed by atoms with E-state index in [2.05, 4.69) is 5.16 Å². The highest BCUT2D eigenvalue weighted by Gasteiger charge is 2.09. The fourth-order valence-corrected chi connectivity index (χ4v) is 1.79. The Labute approximate surface area is 143 Å². The van der Waals surface area contributed by atoms with Gasteiger partial charge >= 0.3 is 5.97 Å². The van der Waals surface area contributed by atoms with Crippen molar-refractivity contribution in [3.05, 3.63) is 65.2 Å². The summed E-state index contributed by atoms with van der Waals surface area (Å²) < 4.78 is 5.11. The van der Waals surface area contributed by atoms with Gasteiger partial charge in [0.05, 0.1) is 17.2 Å². The second-order valence-electron chi connectivity index (χ2n) is 4.83. The van der Waals surface area contributed by atoms with Gasteiger partial charge in [0.25, 0.3) is 5.91 Å². The molecule has 2 rings (SSSR count). The van der Waals surface area contributed by atoms with Crippen molar-refractivity contribution in [1.29, 1.82) is 5.26 Å². The number of oxime groups is 1. The molecule has 126 valence electrons. The van der Waals surface area contributed by atoms with Crippen molar-refractivity contribution in [3.63, 3.8) is 0 Å². The topological polar surface area (TPSA) is 141 Å². The molecule has 0 radical (unpaired) electrons. The minimum atomic E-state index is -0.735. The summed E-state index contributed by atoms with van der Waals surface area (Å²) in [4.78, 5) is 27.3. The van der Waals surface area contributed by atoms with Crippen LogP contribution in [-0.4, -0.2) is 24.3 Å². The first-order valence-corrected chi connectivity index (χ1v) is 7.06. The van der Waals surface area contributed by atoms with Gasteiger partial charge in [-0.25, -0.2) is 4.79 Å². The van der Waals surface area contributed by atoms with Crippen LogP contribution in [0.2, 0.25) is 0 Å². The molecular formula is C17H14N4O4. The minimum absolute atomic E-state index is 0.0220. The first-order chi connectivity index (χ1) is 12.0. The van der Waals surface area contributed by atoms with Crippen LogP contribution >= 0.6 is 0 Å². The van der Waals surface area contributed by atoms with Gasteiger partial charge in [0.15, 0.2) is 12.4 Å². The molecular weight excluding hydrogens is 324 g/mol. The SMILES string of the molecule is N#Cc1cccc(C(=O)O/N=C(\N)c2ccc(OCC(N)=O)cc2)c1. The Balaban J connectivity index is 2.02. The number of amides is 1. The van der Waals surface area contributed by atoms with Crippen LogP contribution in [0, 0.1) is 11.3 Å². The number of rotatable bonds is 6. The number of benzene rings is 2. The molecule has 2 aromatic rings. The molecule has 4 N–H and O–H groups in total. The second-order valence-corrected chi connectivity index (χ2v) is 4.83. The lowest BCUT2D eigenvalue weighted by Crippen LogP contribution is -2.20. The zero-order chi connectivity index (χ0) is 18.2. The highest BCUT2D eigenvalue weighted by atomic mass is 16.7. The largest absolute Gasteiger partial charge is 0.484 e. The number of ether oxygens (including phenoxy) is 1. The fraction of sp³-hybridized carbons (Fsp3) is 0.0588. The molecule has 0 bridgehead atoms. The van der Waals surface area contributed by atoms with Crippen LogP contribution in [0.3, 0.4) is 0 Å². The van der Waals surface area contributed by atoms with Crippen molar-refractivity contribution in [2.24, 2.45) is 16.6 Å². The molecule has 0 fully saturated rings. The van der Waals surface area contributed by atoms with Crippen molar-refractivity contribution in [2.45, 2.75) is 0 Å². The number of amidine groups is 1. The standard InChI is InChI=1S/C17H14N4O4/c18-9-11-2-1-3-13(8-11)17(23)25-21-16(20)12-4-6-14(7-5-12)24-10-15(19)22/h1-8H,10H2,(H2,19,22)(H2,20,21). The maximum absolute atomic E-state index is 11.9. The van der Waals surface area contributed by atoms with E-state index in [0.717, 1.165) is 0 Å². The monoisotopic (exact) mass is 338 g/mol. The number of primary amides is 1. The first-order valence-electron chi connectivity index (χ1n) is 7.06. The molecule has 0 spiro atoms. The summed E-state index contributed by atoms with van der Waals surface area (Å²) in [5.74, 6) is -0.911. The van der Waals surface area contributed by atoms with E-state index in [9.17, 15) is 9.59 Å². The number of nitrogens with zero attached hydrogens (tertiary/aromatic N) is 2. The third kappa shape index (κ3) is 5.07. The third-order valence-corrected chi connectivity index (χ3v) is 2.99. The first kappa shape index (κ1) is 17.5. The molecule has 2 aromatic carbocycles. The van der Waals surface area contributed by atoms with Crippen molar-refractivity contribution >= 4 is 17.7 Å². The van der Waals surface area contributed by atoms with Crippen molar-refractivity contribution in [2.75, 3.05) is 6.61 Å². The molecule has 0 aliphatic rings. The lowest BCUT2D eigenvalue weighted by Gasteiger charge is -2.05. The van der Waals surface area contributed by atoms with Gasteiger partial charge in [-0.2, -0.15) is 5.26 Å². The number of carbonyl (C=O) groups excluding carboxylic acids is 2. The van der Waals surface area contributed by atoms with E-state index in [4.69, 9.17) is 26.3 Å². The number of carbonyl (C=O) groups is 2. The highest BCUT2D eigenvalue weighted by molar-refractivity contribution is 5.98. The van der Waals surface area contributed by atoms with Gasteiger partial charge in [0, 0.05) is 5.56 Å². The summed E-state index contributed by atoms with van der Waals surface area (Å²) in [7, 11) is 0. The molecule has 0 heterocycles. The van der Waals surface area contributed by atoms with Crippen molar-refractivity contribution in [1.82, 2.24) is 0 Å². The van der Waals surface area contributed by atoms with Gasteiger partial charge in [-0.3, -0.25) is 4.79 Å². The minimum Gasteiger partial charge on any atom is -0.484 e. The average Bonchev–Trinajstić information content (AvgIpc) is 2.64. The van der Waals surface area contributed by atoms with Crippen LogP contribution in [0.1, 0.15) is 21.5 Å². The van der Waals surface area contributed by atoms with Crippen LogP contribution in [0.15, 0.2) is 53.7 Å². The molecule has 8 heteroatoms. The molecule has 0 aromatic heterocycles. The predicted octanol–water partition coefficient (Wildman–Crippen LogP) is 0.900. The fourth-order valence-electron chi connectivity index (χ4n) is 1.79. The van der Waals surface area contributed by atoms with Crippen LogP contribution in [0.5, 0.6) is 5.75 Å². The molecule has 25 heavy (non-hydrogen) atoms. The summed E-state index contributed by atoms with van der Waals surface area (Å²) in [5.41, 5.74) is 11.7. The Bertz CT molecular complexity index is 854. The lowest BCUT2D eigenvalue weighted by atomic mass is 10.1. The third-order valence-electron chi connectivity index (χ3n) is 2.99. The second kappa shape index (κ2) is 8.12. The van der Waals surface area contributed by atoms with E-state index in [0.29, 0.717) is 16.9 Å². The average molecular weight is 338 g/mol. The quantitative estimate of drug-likeness (QED) is 0.347. The number of hydrogen-bond donors (Lipinski definition) is 2. The van der Waals surface area contributed by atoms with E-state index in [1.807, 2.05) is 6.07 Å². The van der Waals surface area contributed by atoms with Gasteiger partial charge in [0.1, 0.15) is 5.75 Å². The Morgan fingerprint density at radius 3 is 2.44 bits per heavy atom. The van der Waals surface area contributed by atoms with Gasteiger partial charge in [-0.1, -0.05) is 11.2 Å². The summed E-state index contributed by atoms with van der Waals surface area (Å²) >= 11 is 0. The van der Waals surface area contributed by atoms with Crippen LogP contribution in [-0.2, 0) is 9.63 Å². The Morgan fingerprint density at radius 1 is 1.08 bits per heavy atom. The summed E-state index contributed by atoms with van der Waals surface area (Å²) in [6, 6.07) is 14.2.